The first-order chi connectivity index (χ1) is 8.97. The molecule has 2 aromatic rings. The highest BCUT2D eigenvalue weighted by Gasteiger charge is 2.12. The highest BCUT2D eigenvalue weighted by atomic mass is 79.9. The van der Waals surface area contributed by atoms with Crippen molar-refractivity contribution in [2.45, 2.75) is 13.0 Å². The molecule has 2 rings (SSSR count). The van der Waals surface area contributed by atoms with Gasteiger partial charge in [-0.1, -0.05) is 45.2 Å². The third kappa shape index (κ3) is 3.63. The first-order valence-electron chi connectivity index (χ1n) is 5.58. The first-order valence-corrected chi connectivity index (χ1v) is 7.12. The molecule has 0 aliphatic rings. The van der Waals surface area contributed by atoms with Crippen molar-refractivity contribution in [3.05, 3.63) is 56.5 Å². The van der Waals surface area contributed by atoms with E-state index in [1.807, 2.05) is 6.07 Å². The van der Waals surface area contributed by atoms with Crippen LogP contribution in [0.1, 0.15) is 18.6 Å². The van der Waals surface area contributed by atoms with Crippen LogP contribution in [0, 0.1) is 0 Å². The lowest BCUT2D eigenvalue weighted by atomic mass is 10.1. The van der Waals surface area contributed by atoms with E-state index in [0.717, 1.165) is 4.47 Å². The molecule has 19 heavy (non-hydrogen) atoms. The maximum Gasteiger partial charge on any atom is 0.147 e. The minimum absolute atomic E-state index is 0.453. The number of aliphatic hydroxyl groups is 1. The number of ether oxygens (including phenoxy) is 1. The van der Waals surface area contributed by atoms with Crippen LogP contribution < -0.4 is 4.74 Å². The molecule has 2 nitrogen and oxygen atoms in total. The van der Waals surface area contributed by atoms with Crippen molar-refractivity contribution < 1.29 is 9.84 Å². The van der Waals surface area contributed by atoms with Gasteiger partial charge in [-0.3, -0.25) is 0 Å². The molecule has 0 saturated carbocycles. The summed E-state index contributed by atoms with van der Waals surface area (Å²) in [6.07, 6.45) is -0.638. The fraction of sp³-hybridized carbons (Fsp3) is 0.143. The molecule has 0 spiro atoms. The second kappa shape index (κ2) is 6.14. The van der Waals surface area contributed by atoms with E-state index >= 15 is 0 Å². The SMILES string of the molecule is CC(O)c1ccc(Br)cc1Oc1cc(Cl)ccc1Cl. The van der Waals surface area contributed by atoms with Gasteiger partial charge in [-0.05, 0) is 31.2 Å². The predicted octanol–water partition coefficient (Wildman–Crippen LogP) is 5.60. The van der Waals surface area contributed by atoms with Crippen LogP contribution in [0.3, 0.4) is 0 Å². The van der Waals surface area contributed by atoms with Gasteiger partial charge in [-0.2, -0.15) is 0 Å². The van der Waals surface area contributed by atoms with E-state index in [1.54, 1.807) is 37.3 Å². The monoisotopic (exact) mass is 360 g/mol. The van der Waals surface area contributed by atoms with E-state index in [-0.39, 0.29) is 0 Å². The summed E-state index contributed by atoms with van der Waals surface area (Å²) in [6.45, 7) is 1.68. The maximum absolute atomic E-state index is 9.74. The zero-order chi connectivity index (χ0) is 14.0. The zero-order valence-corrected chi connectivity index (χ0v) is 13.1. The highest BCUT2D eigenvalue weighted by Crippen LogP contribution is 2.36. The van der Waals surface area contributed by atoms with Crippen molar-refractivity contribution in [1.82, 2.24) is 0 Å². The van der Waals surface area contributed by atoms with Gasteiger partial charge in [0.1, 0.15) is 11.5 Å². The van der Waals surface area contributed by atoms with Crippen LogP contribution in [0.2, 0.25) is 10.0 Å². The summed E-state index contributed by atoms with van der Waals surface area (Å²) < 4.78 is 6.61. The molecule has 1 N–H and O–H groups in total. The van der Waals surface area contributed by atoms with Gasteiger partial charge in [0.05, 0.1) is 11.1 Å². The molecule has 0 amide bonds. The Labute approximate surface area is 130 Å². The molecule has 1 unspecified atom stereocenters. The maximum atomic E-state index is 9.74. The molecule has 100 valence electrons. The van der Waals surface area contributed by atoms with Crippen LogP contribution in [-0.2, 0) is 0 Å². The van der Waals surface area contributed by atoms with Gasteiger partial charge in [0.25, 0.3) is 0 Å². The van der Waals surface area contributed by atoms with Crippen LogP contribution in [0.25, 0.3) is 0 Å². The van der Waals surface area contributed by atoms with Crippen molar-refractivity contribution in [3.63, 3.8) is 0 Å². The topological polar surface area (TPSA) is 29.5 Å². The quantitative estimate of drug-likeness (QED) is 0.770. The van der Waals surface area contributed by atoms with Gasteiger partial charge >= 0.3 is 0 Å². The largest absolute Gasteiger partial charge is 0.455 e. The van der Waals surface area contributed by atoms with Gasteiger partial charge < -0.3 is 9.84 Å². The average Bonchev–Trinajstić information content (AvgIpc) is 2.33. The predicted molar refractivity (Wildman–Crippen MR) is 81.3 cm³/mol. The molecular formula is C14H11BrCl2O2. The van der Waals surface area contributed by atoms with Gasteiger partial charge in [0, 0.05) is 21.1 Å². The Hall–Kier alpha value is -0.740. The number of aliphatic hydroxyl groups excluding tert-OH is 1. The van der Waals surface area contributed by atoms with E-state index in [0.29, 0.717) is 27.1 Å². The number of benzene rings is 2. The molecular weight excluding hydrogens is 351 g/mol. The number of hydrogen-bond acceptors (Lipinski definition) is 2. The van der Waals surface area contributed by atoms with E-state index in [9.17, 15) is 5.11 Å². The van der Waals surface area contributed by atoms with Gasteiger partial charge in [0.2, 0.25) is 0 Å². The Morgan fingerprint density at radius 1 is 1.11 bits per heavy atom. The third-order valence-corrected chi connectivity index (χ3v) is 3.58. The molecule has 5 heteroatoms. The minimum atomic E-state index is -0.638. The molecule has 0 fully saturated rings. The summed E-state index contributed by atoms with van der Waals surface area (Å²) in [4.78, 5) is 0. The van der Waals surface area contributed by atoms with E-state index in [4.69, 9.17) is 27.9 Å². The van der Waals surface area contributed by atoms with Crippen molar-refractivity contribution in [2.24, 2.45) is 0 Å². The van der Waals surface area contributed by atoms with Gasteiger partial charge in [0.15, 0.2) is 0 Å². The molecule has 0 aliphatic heterocycles. The lowest BCUT2D eigenvalue weighted by molar-refractivity contribution is 0.195. The Balaban J connectivity index is 2.42. The van der Waals surface area contributed by atoms with Gasteiger partial charge in [-0.25, -0.2) is 0 Å². The van der Waals surface area contributed by atoms with Crippen molar-refractivity contribution in [1.29, 1.82) is 0 Å². The normalized spacial score (nSPS) is 12.3. The lowest BCUT2D eigenvalue weighted by Gasteiger charge is -2.14. The van der Waals surface area contributed by atoms with Crippen molar-refractivity contribution in [2.75, 3.05) is 0 Å². The molecule has 0 heterocycles. The summed E-state index contributed by atoms with van der Waals surface area (Å²) in [6, 6.07) is 10.4. The minimum Gasteiger partial charge on any atom is -0.455 e. The molecule has 1 atom stereocenters. The molecule has 2 aromatic carbocycles. The van der Waals surface area contributed by atoms with Crippen molar-refractivity contribution in [3.8, 4) is 11.5 Å². The third-order valence-electron chi connectivity index (χ3n) is 2.54. The Morgan fingerprint density at radius 2 is 1.84 bits per heavy atom. The molecule has 0 aromatic heterocycles. The number of halogens is 3. The fourth-order valence-corrected chi connectivity index (χ4v) is 2.27. The van der Waals surface area contributed by atoms with Crippen LogP contribution in [0.15, 0.2) is 40.9 Å². The zero-order valence-electron chi connectivity index (χ0n) is 10.0. The van der Waals surface area contributed by atoms with Crippen molar-refractivity contribution >= 4 is 39.1 Å². The van der Waals surface area contributed by atoms with Gasteiger partial charge in [-0.15, -0.1) is 0 Å². The molecule has 0 saturated heterocycles. The molecule has 0 aliphatic carbocycles. The number of rotatable bonds is 3. The van der Waals surface area contributed by atoms with E-state index < -0.39 is 6.10 Å². The van der Waals surface area contributed by atoms with Crippen LogP contribution in [-0.4, -0.2) is 5.11 Å². The van der Waals surface area contributed by atoms with Crippen LogP contribution in [0.5, 0.6) is 11.5 Å². The summed E-state index contributed by atoms with van der Waals surface area (Å²) >= 11 is 15.4. The molecule has 0 bridgehead atoms. The molecule has 0 radical (unpaired) electrons. The van der Waals surface area contributed by atoms with E-state index in [2.05, 4.69) is 15.9 Å². The summed E-state index contributed by atoms with van der Waals surface area (Å²) in [5.41, 5.74) is 0.680. The Morgan fingerprint density at radius 3 is 2.53 bits per heavy atom. The standard InChI is InChI=1S/C14H11BrCl2O2/c1-8(18)11-4-2-9(15)6-13(11)19-14-7-10(16)3-5-12(14)17/h2-8,18H,1H3. The Kier molecular flexibility index (Phi) is 4.74. The smallest absolute Gasteiger partial charge is 0.147 e. The average molecular weight is 362 g/mol. The second-order valence-corrected chi connectivity index (χ2v) is 5.79. The lowest BCUT2D eigenvalue weighted by Crippen LogP contribution is -1.96. The van der Waals surface area contributed by atoms with Crippen LogP contribution in [0.4, 0.5) is 0 Å². The Bertz CT molecular complexity index is 600. The van der Waals surface area contributed by atoms with Crippen LogP contribution >= 0.6 is 39.1 Å². The summed E-state index contributed by atoms with van der Waals surface area (Å²) in [5.74, 6) is 0.989. The number of hydrogen-bond donors (Lipinski definition) is 1. The highest BCUT2D eigenvalue weighted by molar-refractivity contribution is 9.10. The second-order valence-electron chi connectivity index (χ2n) is 4.03. The fourth-order valence-electron chi connectivity index (χ4n) is 1.62. The summed E-state index contributed by atoms with van der Waals surface area (Å²) in [5, 5.41) is 10.7. The first kappa shape index (κ1) is 14.7. The van der Waals surface area contributed by atoms with E-state index in [1.165, 1.54) is 0 Å². The summed E-state index contributed by atoms with van der Waals surface area (Å²) in [7, 11) is 0.